The lowest BCUT2D eigenvalue weighted by Crippen LogP contribution is -2.26. The molecule has 238 valence electrons. The normalized spacial score (nSPS) is 23.1. The van der Waals surface area contributed by atoms with Crippen LogP contribution in [-0.2, 0) is 9.59 Å². The molecule has 0 bridgehead atoms. The summed E-state index contributed by atoms with van der Waals surface area (Å²) >= 11 is 2.47. The maximum Gasteiger partial charge on any atom is 0.314 e. The average molecular weight is 637 g/mol. The Kier molecular flexibility index (Phi) is 13.1. The summed E-state index contributed by atoms with van der Waals surface area (Å²) in [5.74, 6) is 2.90. The van der Waals surface area contributed by atoms with Crippen LogP contribution in [0.3, 0.4) is 0 Å². The van der Waals surface area contributed by atoms with Gasteiger partial charge in [0.2, 0.25) is 0 Å². The number of allylic oxidation sites excluding steroid dienone is 1. The minimum absolute atomic E-state index is 0.00247. The molecule has 0 N–H and O–H groups in total. The van der Waals surface area contributed by atoms with Gasteiger partial charge in [-0.2, -0.15) is 10.5 Å². The first-order chi connectivity index (χ1) is 21.2. The zero-order chi connectivity index (χ0) is 31.6. The molecule has 0 aromatic heterocycles. The lowest BCUT2D eigenvalue weighted by atomic mass is 9.79. The Bertz CT molecular complexity index is 1180. The maximum absolute atomic E-state index is 13.3. The van der Waals surface area contributed by atoms with Gasteiger partial charge in [-0.15, -0.1) is 0 Å². The number of carbonyl (C=O) groups excluding carboxylic acids is 2. The molecule has 3 aliphatic rings. The molecule has 0 atom stereocenters. The highest BCUT2D eigenvalue weighted by Crippen LogP contribution is 2.59. The summed E-state index contributed by atoms with van der Waals surface area (Å²) in [7, 11) is 0. The van der Waals surface area contributed by atoms with Crippen molar-refractivity contribution in [3.63, 3.8) is 0 Å². The summed E-state index contributed by atoms with van der Waals surface area (Å²) in [5, 5.41) is 19.0. The summed E-state index contributed by atoms with van der Waals surface area (Å²) in [6.07, 6.45) is 15.0. The Morgan fingerprint density at radius 1 is 0.727 bits per heavy atom. The summed E-state index contributed by atoms with van der Waals surface area (Å²) in [5.41, 5.74) is -0.00247. The van der Waals surface area contributed by atoms with Crippen LogP contribution in [-0.4, -0.2) is 11.9 Å². The van der Waals surface area contributed by atoms with E-state index in [2.05, 4.69) is 27.7 Å². The van der Waals surface area contributed by atoms with E-state index in [4.69, 9.17) is 9.47 Å². The number of nitrogens with zero attached hydrogens (tertiary/aromatic N) is 2. The third kappa shape index (κ3) is 9.54. The van der Waals surface area contributed by atoms with Gasteiger partial charge in [0.25, 0.3) is 0 Å². The van der Waals surface area contributed by atoms with Crippen molar-refractivity contribution in [2.24, 2.45) is 35.5 Å². The van der Waals surface area contributed by atoms with Crippen molar-refractivity contribution in [1.82, 2.24) is 0 Å². The molecule has 1 aromatic rings. The van der Waals surface area contributed by atoms with Crippen molar-refractivity contribution in [1.29, 1.82) is 10.5 Å². The molecule has 6 nitrogen and oxygen atoms in total. The number of fused-ring (bicyclic) bond motifs is 1. The topological polar surface area (TPSA) is 100 Å². The molecule has 1 heterocycles. The van der Waals surface area contributed by atoms with Gasteiger partial charge in [-0.3, -0.25) is 9.59 Å². The van der Waals surface area contributed by atoms with Gasteiger partial charge >= 0.3 is 11.9 Å². The number of hydrogen-bond acceptors (Lipinski definition) is 8. The number of nitriles is 2. The Labute approximate surface area is 272 Å². The van der Waals surface area contributed by atoms with Crippen LogP contribution in [0.4, 0.5) is 0 Å². The highest BCUT2D eigenvalue weighted by atomic mass is 32.2. The molecule has 0 amide bonds. The summed E-state index contributed by atoms with van der Waals surface area (Å²) < 4.78 is 12.5. The van der Waals surface area contributed by atoms with E-state index in [1.54, 1.807) is 12.1 Å². The number of ether oxygens (including phenoxy) is 2. The van der Waals surface area contributed by atoms with Crippen LogP contribution in [0.2, 0.25) is 0 Å². The Hall–Kier alpha value is -2.42. The molecule has 0 saturated heterocycles. The number of hydrogen-bond donors (Lipinski definition) is 0. The zero-order valence-electron chi connectivity index (χ0n) is 26.9. The minimum atomic E-state index is -0.230. The predicted molar refractivity (Wildman–Crippen MR) is 176 cm³/mol. The summed E-state index contributed by atoms with van der Waals surface area (Å²) in [4.78, 5) is 27.8. The molecular formula is C36H48N2O4S2. The molecular weight excluding hydrogens is 589 g/mol. The summed E-state index contributed by atoms with van der Waals surface area (Å²) in [6, 6.07) is 7.31. The minimum Gasteiger partial charge on any atom is -0.425 e. The molecule has 0 unspecified atom stereocenters. The van der Waals surface area contributed by atoms with Gasteiger partial charge in [0.1, 0.15) is 29.2 Å². The van der Waals surface area contributed by atoms with E-state index in [1.165, 1.54) is 62.0 Å². The fourth-order valence-corrected chi connectivity index (χ4v) is 9.17. The van der Waals surface area contributed by atoms with E-state index in [-0.39, 0.29) is 29.3 Å². The van der Waals surface area contributed by atoms with Crippen molar-refractivity contribution in [2.75, 3.05) is 0 Å². The number of rotatable bonds is 12. The van der Waals surface area contributed by atoms with Crippen LogP contribution in [0.5, 0.6) is 11.5 Å². The van der Waals surface area contributed by atoms with E-state index in [0.29, 0.717) is 37.4 Å². The van der Waals surface area contributed by atoms with Gasteiger partial charge in [0.05, 0.1) is 25.9 Å². The largest absolute Gasteiger partial charge is 0.425 e. The highest BCUT2D eigenvalue weighted by molar-refractivity contribution is 8.24. The van der Waals surface area contributed by atoms with Crippen molar-refractivity contribution in [3.05, 3.63) is 21.9 Å². The van der Waals surface area contributed by atoms with E-state index < -0.39 is 0 Å². The van der Waals surface area contributed by atoms with E-state index in [9.17, 15) is 20.1 Å². The van der Waals surface area contributed by atoms with Crippen LogP contribution in [0, 0.1) is 58.2 Å². The van der Waals surface area contributed by atoms with Crippen LogP contribution >= 0.6 is 23.5 Å². The molecule has 1 aromatic carbocycles. The molecule has 1 aliphatic heterocycles. The molecule has 2 fully saturated rings. The number of benzene rings is 1. The third-order valence-corrected chi connectivity index (χ3v) is 12.1. The molecule has 0 spiro atoms. The van der Waals surface area contributed by atoms with Crippen LogP contribution in [0.15, 0.2) is 31.7 Å². The lowest BCUT2D eigenvalue weighted by molar-refractivity contribution is -0.141. The Morgan fingerprint density at radius 2 is 1.11 bits per heavy atom. The molecule has 4 rings (SSSR count). The number of thioether (sulfide) groups is 2. The third-order valence-electron chi connectivity index (χ3n) is 9.43. The standard InChI is InChI=1S/C36H48N2O4S2/c1-23(2)7-5-9-25-11-15-27(16-12-25)34(39)41-30-19-20-31(33-32(30)43-36(44-33)29(21-37)22-38)42-35(40)28-17-13-26(14-18-28)10-6-8-24(3)4/h19-20,23-28H,5-18H2,1-4H3. The number of carbonyl (C=O) groups is 2. The fraction of sp³-hybridized carbons (Fsp3) is 0.667. The van der Waals surface area contributed by atoms with Crippen LogP contribution in [0.1, 0.15) is 118 Å². The fourth-order valence-electron chi connectivity index (χ4n) is 6.69. The smallest absolute Gasteiger partial charge is 0.314 e. The van der Waals surface area contributed by atoms with Gasteiger partial charge < -0.3 is 9.47 Å². The Balaban J connectivity index is 1.40. The molecule has 0 radical (unpaired) electrons. The second-order valence-electron chi connectivity index (χ2n) is 13.7. The molecule has 2 aliphatic carbocycles. The first-order valence-corrected chi connectivity index (χ1v) is 18.3. The number of esters is 2. The van der Waals surface area contributed by atoms with Gasteiger partial charge in [-0.05, 0) is 87.2 Å². The molecule has 2 saturated carbocycles. The first kappa shape index (κ1) is 34.5. The van der Waals surface area contributed by atoms with E-state index in [1.807, 2.05) is 12.1 Å². The highest BCUT2D eigenvalue weighted by Gasteiger charge is 2.34. The SMILES string of the molecule is CC(C)CCCC1CCC(C(=O)Oc2ccc(OC(=O)C3CCC(CCCC(C)C)CC3)c3c2SC(=C(C#N)C#N)S3)CC1. The van der Waals surface area contributed by atoms with E-state index >= 15 is 0 Å². The van der Waals surface area contributed by atoms with Gasteiger partial charge in [0.15, 0.2) is 0 Å². The lowest BCUT2D eigenvalue weighted by Gasteiger charge is -2.28. The predicted octanol–water partition coefficient (Wildman–Crippen LogP) is 10.2. The average Bonchev–Trinajstić information content (AvgIpc) is 3.45. The monoisotopic (exact) mass is 636 g/mol. The summed E-state index contributed by atoms with van der Waals surface area (Å²) in [6.45, 7) is 9.05. The van der Waals surface area contributed by atoms with Crippen molar-refractivity contribution >= 4 is 35.5 Å². The van der Waals surface area contributed by atoms with Gasteiger partial charge in [-0.1, -0.05) is 89.7 Å². The Morgan fingerprint density at radius 3 is 1.45 bits per heavy atom. The van der Waals surface area contributed by atoms with Crippen molar-refractivity contribution in [2.45, 2.75) is 127 Å². The van der Waals surface area contributed by atoms with Crippen LogP contribution in [0.25, 0.3) is 0 Å². The van der Waals surface area contributed by atoms with Gasteiger partial charge in [-0.25, -0.2) is 0 Å². The van der Waals surface area contributed by atoms with Crippen LogP contribution < -0.4 is 9.47 Å². The first-order valence-electron chi connectivity index (χ1n) is 16.7. The van der Waals surface area contributed by atoms with Gasteiger partial charge in [0, 0.05) is 0 Å². The second kappa shape index (κ2) is 16.8. The molecule has 44 heavy (non-hydrogen) atoms. The quantitative estimate of drug-likeness (QED) is 0.127. The van der Waals surface area contributed by atoms with E-state index in [0.717, 1.165) is 63.2 Å². The zero-order valence-corrected chi connectivity index (χ0v) is 28.5. The maximum atomic E-state index is 13.3. The van der Waals surface area contributed by atoms with Crippen molar-refractivity contribution < 1.29 is 19.1 Å². The molecule has 8 heteroatoms. The van der Waals surface area contributed by atoms with Crippen molar-refractivity contribution in [3.8, 4) is 23.6 Å². The second-order valence-corrected chi connectivity index (χ2v) is 16.0.